The van der Waals surface area contributed by atoms with Gasteiger partial charge in [0.2, 0.25) is 0 Å². The van der Waals surface area contributed by atoms with E-state index in [0.29, 0.717) is 11.1 Å². The maximum atomic E-state index is 10.6. The van der Waals surface area contributed by atoms with Crippen LogP contribution in [0, 0.1) is 22.7 Å². The molecule has 4 heteroatoms. The Labute approximate surface area is 280 Å². The second-order valence-electron chi connectivity index (χ2n) is 11.9. The first-order valence-electron chi connectivity index (χ1n) is 16.0. The quantitative estimate of drug-likeness (QED) is 0.141. The van der Waals surface area contributed by atoms with Crippen molar-refractivity contribution >= 4 is 50.6 Å². The molecule has 0 atom stereocenters. The summed E-state index contributed by atoms with van der Waals surface area (Å²) in [6.45, 7) is 0. The van der Waals surface area contributed by atoms with Crippen LogP contribution in [0.2, 0.25) is 0 Å². The lowest BCUT2D eigenvalue weighted by atomic mass is 9.96. The Balaban J connectivity index is 1.44. The highest BCUT2D eigenvalue weighted by molar-refractivity contribution is 7.20. The Morgan fingerprint density at radius 1 is 0.438 bits per heavy atom. The van der Waals surface area contributed by atoms with E-state index in [1.165, 1.54) is 26.3 Å². The van der Waals surface area contributed by atoms with Crippen LogP contribution in [0.25, 0.3) is 38.6 Å². The molecule has 0 fully saturated rings. The predicted molar refractivity (Wildman–Crippen MR) is 199 cm³/mol. The Hall–Kier alpha value is -6.46. The van der Waals surface area contributed by atoms with Crippen molar-refractivity contribution in [3.05, 3.63) is 187 Å². The lowest BCUT2D eigenvalue weighted by molar-refractivity contribution is 1.18. The van der Waals surface area contributed by atoms with Crippen molar-refractivity contribution in [2.45, 2.75) is 0 Å². The smallest absolute Gasteiger partial charge is 0.179 e. The van der Waals surface area contributed by atoms with E-state index in [2.05, 4.69) is 162 Å². The van der Waals surface area contributed by atoms with Crippen molar-refractivity contribution < 1.29 is 0 Å². The van der Waals surface area contributed by atoms with E-state index in [4.69, 9.17) is 0 Å². The number of nitrogens with zero attached hydrogens (tertiary/aromatic N) is 3. The van der Waals surface area contributed by atoms with E-state index in [1.807, 2.05) is 30.3 Å². The summed E-state index contributed by atoms with van der Waals surface area (Å²) in [5, 5.41) is 28.2. The molecule has 7 aromatic carbocycles. The van der Waals surface area contributed by atoms with Gasteiger partial charge in [-0.2, -0.15) is 10.5 Å². The predicted octanol–water partition coefficient (Wildman–Crippen LogP) is 7.57. The van der Waals surface area contributed by atoms with E-state index in [-0.39, 0.29) is 0 Å². The number of aromatic nitrogens is 1. The number of para-hydroxylation sites is 2. The van der Waals surface area contributed by atoms with Crippen molar-refractivity contribution in [3.8, 4) is 29.0 Å². The average Bonchev–Trinajstić information content (AvgIpc) is 3.50. The van der Waals surface area contributed by atoms with Gasteiger partial charge in [-0.25, -0.2) is 0 Å². The van der Waals surface area contributed by atoms with Crippen molar-refractivity contribution in [3.63, 3.8) is 0 Å². The largest absolute Gasteiger partial charge is 0.309 e. The van der Waals surface area contributed by atoms with Crippen molar-refractivity contribution in [1.29, 1.82) is 10.5 Å². The zero-order valence-corrected chi connectivity index (χ0v) is 27.1. The summed E-state index contributed by atoms with van der Waals surface area (Å²) < 4.78 is 2.28. The number of hydrogen-bond donors (Lipinski definition) is 0. The lowest BCUT2D eigenvalue weighted by Crippen LogP contribution is -2.74. The molecule has 3 nitrogen and oxygen atoms in total. The molecule has 224 valence electrons. The Kier molecular flexibility index (Phi) is 7.27. The maximum Gasteiger partial charge on any atom is 0.179 e. The van der Waals surface area contributed by atoms with Crippen molar-refractivity contribution in [2.24, 2.45) is 0 Å². The first-order valence-corrected chi connectivity index (χ1v) is 18.0. The van der Waals surface area contributed by atoms with Crippen LogP contribution in [0.4, 0.5) is 0 Å². The molecule has 0 amide bonds. The molecule has 1 aromatic heterocycles. The van der Waals surface area contributed by atoms with Gasteiger partial charge in [-0.3, -0.25) is 0 Å². The molecule has 0 bridgehead atoms. The summed E-state index contributed by atoms with van der Waals surface area (Å²) in [5.74, 6) is 0. The second kappa shape index (κ2) is 12.0. The number of fused-ring (bicyclic) bond motifs is 3. The fourth-order valence-electron chi connectivity index (χ4n) is 7.37. The highest BCUT2D eigenvalue weighted by Crippen LogP contribution is 2.34. The summed E-state index contributed by atoms with van der Waals surface area (Å²) >= 11 is 0. The average molecular weight is 628 g/mol. The third-order valence-corrected chi connectivity index (χ3v) is 14.2. The highest BCUT2D eigenvalue weighted by Gasteiger charge is 2.42. The van der Waals surface area contributed by atoms with Crippen LogP contribution in [0.1, 0.15) is 11.1 Å². The molecular formula is C44H29N3Si. The molecule has 0 radical (unpaired) electrons. The number of hydrogen-bond acceptors (Lipinski definition) is 2. The van der Waals surface area contributed by atoms with Gasteiger partial charge in [-0.15, -0.1) is 0 Å². The van der Waals surface area contributed by atoms with E-state index in [9.17, 15) is 10.5 Å². The molecule has 48 heavy (non-hydrogen) atoms. The normalized spacial score (nSPS) is 11.3. The summed E-state index contributed by atoms with van der Waals surface area (Å²) in [7, 11) is -2.95. The van der Waals surface area contributed by atoms with Crippen LogP contribution in [-0.2, 0) is 0 Å². The molecule has 0 N–H and O–H groups in total. The van der Waals surface area contributed by atoms with Crippen LogP contribution < -0.4 is 20.7 Å². The fraction of sp³-hybridized carbons (Fsp3) is 0. The molecule has 1 heterocycles. The van der Waals surface area contributed by atoms with Crippen LogP contribution in [0.15, 0.2) is 176 Å². The van der Waals surface area contributed by atoms with Gasteiger partial charge < -0.3 is 4.57 Å². The SMILES string of the molecule is N#Cc1cc([Si](c2ccccc2)(c2ccccc2)c2ccccc2)cc(-c2cccc(-n3c4ccccc4c4ccccc43)c2)c1C#N. The monoisotopic (exact) mass is 627 g/mol. The molecule has 0 aliphatic carbocycles. The van der Waals surface area contributed by atoms with Gasteiger partial charge in [-0.05, 0) is 56.6 Å². The minimum atomic E-state index is -2.95. The van der Waals surface area contributed by atoms with Gasteiger partial charge in [0, 0.05) is 22.0 Å². The molecule has 0 saturated carbocycles. The van der Waals surface area contributed by atoms with Gasteiger partial charge in [-0.1, -0.05) is 146 Å². The maximum absolute atomic E-state index is 10.6. The van der Waals surface area contributed by atoms with Crippen LogP contribution >= 0.6 is 0 Å². The van der Waals surface area contributed by atoms with Crippen molar-refractivity contribution in [2.75, 3.05) is 0 Å². The standard InChI is InChI=1S/C44H29N3Si/c45-30-33-28-38(48(35-17-4-1-5-18-35,36-19-6-2-7-20-36)37-21-8-3-9-22-37)29-41(42(33)31-46)32-15-14-16-34(27-32)47-43-25-12-10-23-39(43)40-24-11-13-26-44(40)47/h1-29H. The summed E-state index contributed by atoms with van der Waals surface area (Å²) in [4.78, 5) is 0. The fourth-order valence-corrected chi connectivity index (χ4v) is 12.2. The lowest BCUT2D eigenvalue weighted by Gasteiger charge is -2.35. The molecule has 0 unspecified atom stereocenters. The molecule has 8 rings (SSSR count). The molecule has 0 saturated heterocycles. The van der Waals surface area contributed by atoms with Gasteiger partial charge in [0.05, 0.1) is 22.2 Å². The molecule has 0 spiro atoms. The Morgan fingerprint density at radius 2 is 0.938 bits per heavy atom. The van der Waals surface area contributed by atoms with E-state index >= 15 is 0 Å². The molecule has 8 aromatic rings. The zero-order valence-electron chi connectivity index (χ0n) is 26.1. The Bertz CT molecular complexity index is 2370. The summed E-state index contributed by atoms with van der Waals surface area (Å²) in [5.41, 5.74) is 5.65. The van der Waals surface area contributed by atoms with Gasteiger partial charge >= 0.3 is 0 Å². The molecule has 0 aliphatic rings. The van der Waals surface area contributed by atoms with Gasteiger partial charge in [0.1, 0.15) is 12.1 Å². The van der Waals surface area contributed by atoms with E-state index < -0.39 is 8.07 Å². The van der Waals surface area contributed by atoms with Crippen LogP contribution in [0.5, 0.6) is 0 Å². The van der Waals surface area contributed by atoms with Crippen LogP contribution in [0.3, 0.4) is 0 Å². The molecule has 0 aliphatic heterocycles. The Morgan fingerprint density at radius 3 is 1.44 bits per heavy atom. The van der Waals surface area contributed by atoms with Crippen LogP contribution in [-0.4, -0.2) is 12.6 Å². The highest BCUT2D eigenvalue weighted by atomic mass is 28.3. The third kappa shape index (κ3) is 4.55. The number of rotatable bonds is 6. The van der Waals surface area contributed by atoms with Gasteiger partial charge in [0.15, 0.2) is 8.07 Å². The van der Waals surface area contributed by atoms with Gasteiger partial charge in [0.25, 0.3) is 0 Å². The molecular weight excluding hydrogens is 599 g/mol. The first kappa shape index (κ1) is 29.0. The third-order valence-electron chi connectivity index (χ3n) is 9.42. The summed E-state index contributed by atoms with van der Waals surface area (Å²) in [6.07, 6.45) is 0. The zero-order chi connectivity index (χ0) is 32.5. The van der Waals surface area contributed by atoms with E-state index in [0.717, 1.165) is 33.0 Å². The summed E-state index contributed by atoms with van der Waals surface area (Å²) in [6, 6.07) is 66.2. The van der Waals surface area contributed by atoms with Crippen molar-refractivity contribution in [1.82, 2.24) is 4.57 Å². The first-order chi connectivity index (χ1) is 23.7. The minimum Gasteiger partial charge on any atom is -0.309 e. The number of nitriles is 2. The topological polar surface area (TPSA) is 52.5 Å². The minimum absolute atomic E-state index is 0.381. The number of benzene rings is 7. The second-order valence-corrected chi connectivity index (χ2v) is 15.7. The van der Waals surface area contributed by atoms with E-state index in [1.54, 1.807) is 0 Å².